The van der Waals surface area contributed by atoms with E-state index in [-0.39, 0.29) is 6.10 Å². The summed E-state index contributed by atoms with van der Waals surface area (Å²) in [6.45, 7) is 3.85. The molecule has 88 valence electrons. The van der Waals surface area contributed by atoms with Crippen molar-refractivity contribution in [3.8, 4) is 0 Å². The van der Waals surface area contributed by atoms with Gasteiger partial charge >= 0.3 is 5.97 Å². The number of carbonyl (C=O) groups excluding carboxylic acids is 1. The first-order valence-corrected chi connectivity index (χ1v) is 5.02. The van der Waals surface area contributed by atoms with Crippen LogP contribution in [0.2, 0.25) is 0 Å². The van der Waals surface area contributed by atoms with Gasteiger partial charge in [0.15, 0.2) is 0 Å². The largest absolute Gasteiger partial charge is 0.465 e. The van der Waals surface area contributed by atoms with E-state index in [1.165, 1.54) is 7.11 Å². The number of aryl methyl sites for hydroxylation is 1. The average Bonchev–Trinajstić information content (AvgIpc) is 2.27. The Morgan fingerprint density at radius 3 is 2.50 bits per heavy atom. The van der Waals surface area contributed by atoms with E-state index in [1.54, 1.807) is 19.2 Å². The molecule has 0 aromatic heterocycles. The van der Waals surface area contributed by atoms with Gasteiger partial charge in [-0.25, -0.2) is 4.79 Å². The zero-order chi connectivity index (χ0) is 12.3. The molecule has 0 bridgehead atoms. The number of nitrogens with two attached hydrogens (primary N) is 1. The summed E-state index contributed by atoms with van der Waals surface area (Å²) in [7, 11) is 2.96. The molecule has 0 saturated carbocycles. The van der Waals surface area contributed by atoms with E-state index in [0.717, 1.165) is 11.1 Å². The highest BCUT2D eigenvalue weighted by molar-refractivity contribution is 5.95. The predicted molar refractivity (Wildman–Crippen MR) is 62.4 cm³/mol. The lowest BCUT2D eigenvalue weighted by molar-refractivity contribution is 0.0601. The molecule has 0 aliphatic rings. The highest BCUT2D eigenvalue weighted by Gasteiger charge is 2.15. The van der Waals surface area contributed by atoms with Crippen molar-refractivity contribution in [3.63, 3.8) is 0 Å². The van der Waals surface area contributed by atoms with E-state index >= 15 is 0 Å². The Bertz CT molecular complexity index is 401. The zero-order valence-electron chi connectivity index (χ0n) is 10.0. The smallest absolute Gasteiger partial charge is 0.339 e. The van der Waals surface area contributed by atoms with E-state index in [2.05, 4.69) is 4.74 Å². The molecule has 2 N–H and O–H groups in total. The lowest BCUT2D eigenvalue weighted by Crippen LogP contribution is -2.09. The van der Waals surface area contributed by atoms with Gasteiger partial charge in [-0.3, -0.25) is 0 Å². The summed E-state index contributed by atoms with van der Waals surface area (Å²) in [6.07, 6.45) is -0.0796. The van der Waals surface area contributed by atoms with Crippen LogP contribution in [0.3, 0.4) is 0 Å². The predicted octanol–water partition coefficient (Wildman–Crippen LogP) is 2.07. The van der Waals surface area contributed by atoms with Crippen molar-refractivity contribution in [2.24, 2.45) is 0 Å². The third kappa shape index (κ3) is 2.33. The molecular weight excluding hydrogens is 206 g/mol. The van der Waals surface area contributed by atoms with Crippen molar-refractivity contribution in [1.29, 1.82) is 0 Å². The van der Waals surface area contributed by atoms with Gasteiger partial charge in [0.1, 0.15) is 0 Å². The van der Waals surface area contributed by atoms with Gasteiger partial charge in [-0.05, 0) is 37.1 Å². The van der Waals surface area contributed by atoms with Crippen molar-refractivity contribution in [2.75, 3.05) is 20.0 Å². The van der Waals surface area contributed by atoms with Gasteiger partial charge in [0.05, 0.1) is 18.8 Å². The van der Waals surface area contributed by atoms with Gasteiger partial charge in [-0.1, -0.05) is 0 Å². The van der Waals surface area contributed by atoms with Crippen molar-refractivity contribution in [3.05, 3.63) is 28.8 Å². The molecule has 1 rings (SSSR count). The second-order valence-corrected chi connectivity index (χ2v) is 3.67. The van der Waals surface area contributed by atoms with E-state index in [0.29, 0.717) is 11.3 Å². The molecule has 1 atom stereocenters. The number of hydrogen-bond donors (Lipinski definition) is 1. The molecule has 0 amide bonds. The Balaban J connectivity index is 3.26. The molecule has 0 aliphatic carbocycles. The van der Waals surface area contributed by atoms with Crippen LogP contribution in [-0.4, -0.2) is 20.2 Å². The first-order chi connectivity index (χ1) is 7.51. The molecule has 16 heavy (non-hydrogen) atoms. The SMILES string of the molecule is COC(=O)c1cc(C(C)OC)c(C)cc1N. The van der Waals surface area contributed by atoms with Crippen LogP contribution in [0.15, 0.2) is 12.1 Å². The molecule has 0 radical (unpaired) electrons. The summed E-state index contributed by atoms with van der Waals surface area (Å²) in [4.78, 5) is 11.5. The van der Waals surface area contributed by atoms with Crippen LogP contribution in [0.5, 0.6) is 0 Å². The van der Waals surface area contributed by atoms with Crippen LogP contribution < -0.4 is 5.73 Å². The minimum Gasteiger partial charge on any atom is -0.465 e. The topological polar surface area (TPSA) is 61.5 Å². The second-order valence-electron chi connectivity index (χ2n) is 3.67. The number of nitrogen functional groups attached to an aromatic ring is 1. The molecule has 1 aromatic carbocycles. The number of hydrogen-bond acceptors (Lipinski definition) is 4. The molecular formula is C12H17NO3. The summed E-state index contributed by atoms with van der Waals surface area (Å²) in [5.74, 6) is -0.429. The third-order valence-corrected chi connectivity index (χ3v) is 2.64. The fourth-order valence-corrected chi connectivity index (χ4v) is 1.60. The minimum atomic E-state index is -0.429. The number of benzene rings is 1. The highest BCUT2D eigenvalue weighted by Crippen LogP contribution is 2.25. The first kappa shape index (κ1) is 12.5. The Labute approximate surface area is 95.3 Å². The van der Waals surface area contributed by atoms with E-state index in [9.17, 15) is 4.79 Å². The monoisotopic (exact) mass is 223 g/mol. The highest BCUT2D eigenvalue weighted by atomic mass is 16.5. The maximum absolute atomic E-state index is 11.5. The molecule has 4 heteroatoms. The van der Waals surface area contributed by atoms with Crippen LogP contribution in [0.25, 0.3) is 0 Å². The summed E-state index contributed by atoms with van der Waals surface area (Å²) in [5.41, 5.74) is 8.52. The van der Waals surface area contributed by atoms with Crippen molar-refractivity contribution in [2.45, 2.75) is 20.0 Å². The number of anilines is 1. The number of ether oxygens (including phenoxy) is 2. The molecule has 1 aromatic rings. The quantitative estimate of drug-likeness (QED) is 0.629. The van der Waals surface area contributed by atoms with Crippen molar-refractivity contribution < 1.29 is 14.3 Å². The average molecular weight is 223 g/mol. The summed E-state index contributed by atoms with van der Waals surface area (Å²) >= 11 is 0. The number of carbonyl (C=O) groups is 1. The van der Waals surface area contributed by atoms with Gasteiger partial charge in [0.2, 0.25) is 0 Å². The van der Waals surface area contributed by atoms with E-state index < -0.39 is 5.97 Å². The number of rotatable bonds is 3. The number of esters is 1. The fourth-order valence-electron chi connectivity index (χ4n) is 1.60. The lowest BCUT2D eigenvalue weighted by atomic mass is 9.99. The van der Waals surface area contributed by atoms with Crippen LogP contribution in [0.4, 0.5) is 5.69 Å². The number of methoxy groups -OCH3 is 2. The Hall–Kier alpha value is -1.55. The third-order valence-electron chi connectivity index (χ3n) is 2.64. The molecule has 0 fully saturated rings. The Kier molecular flexibility index (Phi) is 3.90. The Morgan fingerprint density at radius 1 is 1.38 bits per heavy atom. The molecule has 0 heterocycles. The van der Waals surface area contributed by atoms with Crippen molar-refractivity contribution >= 4 is 11.7 Å². The molecule has 1 unspecified atom stereocenters. The van der Waals surface area contributed by atoms with Crippen LogP contribution in [0, 0.1) is 6.92 Å². The normalized spacial score (nSPS) is 12.2. The lowest BCUT2D eigenvalue weighted by Gasteiger charge is -2.15. The Morgan fingerprint density at radius 2 is 2.00 bits per heavy atom. The van der Waals surface area contributed by atoms with Crippen molar-refractivity contribution in [1.82, 2.24) is 0 Å². The second kappa shape index (κ2) is 4.99. The molecule has 0 saturated heterocycles. The zero-order valence-corrected chi connectivity index (χ0v) is 10.0. The summed E-state index contributed by atoms with van der Waals surface area (Å²) < 4.78 is 9.90. The van der Waals surface area contributed by atoms with Crippen LogP contribution in [-0.2, 0) is 9.47 Å². The maximum Gasteiger partial charge on any atom is 0.339 e. The molecule has 0 spiro atoms. The first-order valence-electron chi connectivity index (χ1n) is 5.02. The van der Waals surface area contributed by atoms with E-state index in [1.807, 2.05) is 13.8 Å². The summed E-state index contributed by atoms with van der Waals surface area (Å²) in [6, 6.07) is 3.49. The van der Waals surface area contributed by atoms with Gasteiger partial charge in [0.25, 0.3) is 0 Å². The fraction of sp³-hybridized carbons (Fsp3) is 0.417. The van der Waals surface area contributed by atoms with Crippen LogP contribution in [0.1, 0.15) is 34.5 Å². The van der Waals surface area contributed by atoms with E-state index in [4.69, 9.17) is 10.5 Å². The maximum atomic E-state index is 11.5. The standard InChI is InChI=1S/C12H17NO3/c1-7-5-11(13)10(12(14)16-4)6-9(7)8(2)15-3/h5-6,8H,13H2,1-4H3. The molecule has 4 nitrogen and oxygen atoms in total. The molecule has 0 aliphatic heterocycles. The van der Waals surface area contributed by atoms with Gasteiger partial charge in [-0.15, -0.1) is 0 Å². The van der Waals surface area contributed by atoms with Gasteiger partial charge < -0.3 is 15.2 Å². The van der Waals surface area contributed by atoms with Gasteiger partial charge in [-0.2, -0.15) is 0 Å². The minimum absolute atomic E-state index is 0.0796. The van der Waals surface area contributed by atoms with Crippen LogP contribution >= 0.6 is 0 Å². The summed E-state index contributed by atoms with van der Waals surface area (Å²) in [5, 5.41) is 0. The van der Waals surface area contributed by atoms with Gasteiger partial charge in [0, 0.05) is 12.8 Å².